The summed E-state index contributed by atoms with van der Waals surface area (Å²) in [6, 6.07) is 5.18. The fourth-order valence-corrected chi connectivity index (χ4v) is 3.62. The number of fused-ring (bicyclic) bond motifs is 1. The third kappa shape index (κ3) is 3.99. The zero-order valence-electron chi connectivity index (χ0n) is 16.4. The number of likely N-dealkylation sites (tertiary alicyclic amines) is 1. The van der Waals surface area contributed by atoms with Gasteiger partial charge in [-0.25, -0.2) is 0 Å². The fraction of sp³-hybridized carbons (Fsp3) is 0.571. The minimum Gasteiger partial charge on any atom is -0.478 e. The number of benzene rings is 1. The number of ketones is 1. The molecule has 1 aromatic rings. The monoisotopic (exact) mass is 372 g/mol. The number of ether oxygens (including phenoxy) is 1. The van der Waals surface area contributed by atoms with Gasteiger partial charge in [0.25, 0.3) is 5.91 Å². The number of nitrogens with zero attached hydrogens (tertiary/aromatic N) is 2. The Morgan fingerprint density at radius 3 is 2.56 bits per heavy atom. The van der Waals surface area contributed by atoms with E-state index in [0.29, 0.717) is 23.4 Å². The van der Waals surface area contributed by atoms with Gasteiger partial charge in [0.05, 0.1) is 5.69 Å². The lowest BCUT2D eigenvalue weighted by molar-refractivity contribution is -0.133. The first-order chi connectivity index (χ1) is 12.9. The lowest BCUT2D eigenvalue weighted by Crippen LogP contribution is -2.51. The van der Waals surface area contributed by atoms with Crippen LogP contribution in [-0.4, -0.2) is 48.2 Å². The van der Waals surface area contributed by atoms with E-state index in [1.54, 1.807) is 23.1 Å². The number of carbonyl (C=O) groups is 3. The van der Waals surface area contributed by atoms with Crippen LogP contribution in [0.25, 0.3) is 0 Å². The number of Topliss-reactive ketones (excluding diaryl/α,β-unsaturated/α-hetero) is 1. The van der Waals surface area contributed by atoms with Crippen molar-refractivity contribution in [3.05, 3.63) is 23.8 Å². The fourth-order valence-electron chi connectivity index (χ4n) is 3.62. The number of hydrogen-bond acceptors (Lipinski definition) is 4. The van der Waals surface area contributed by atoms with Gasteiger partial charge in [0.15, 0.2) is 11.9 Å². The summed E-state index contributed by atoms with van der Waals surface area (Å²) in [5.41, 5.74) is 1.07. The predicted octanol–water partition coefficient (Wildman–Crippen LogP) is 3.04. The molecular weight excluding hydrogens is 344 g/mol. The Morgan fingerprint density at radius 2 is 1.93 bits per heavy atom. The maximum atomic E-state index is 13.0. The van der Waals surface area contributed by atoms with Gasteiger partial charge in [-0.2, -0.15) is 0 Å². The second-order valence-corrected chi connectivity index (χ2v) is 7.65. The molecule has 0 saturated carbocycles. The first-order valence-corrected chi connectivity index (χ1v) is 9.85. The van der Waals surface area contributed by atoms with E-state index in [2.05, 4.69) is 0 Å². The summed E-state index contributed by atoms with van der Waals surface area (Å²) in [5, 5.41) is 0. The molecule has 0 aliphatic carbocycles. The summed E-state index contributed by atoms with van der Waals surface area (Å²) in [4.78, 5) is 41.3. The van der Waals surface area contributed by atoms with E-state index in [0.717, 1.165) is 32.4 Å². The average molecular weight is 372 g/mol. The van der Waals surface area contributed by atoms with Crippen LogP contribution in [0.15, 0.2) is 18.2 Å². The molecule has 6 heteroatoms. The Morgan fingerprint density at radius 1 is 1.22 bits per heavy atom. The number of rotatable bonds is 6. The normalized spacial score (nSPS) is 19.3. The zero-order valence-corrected chi connectivity index (χ0v) is 16.4. The van der Waals surface area contributed by atoms with Crippen LogP contribution >= 0.6 is 0 Å². The van der Waals surface area contributed by atoms with Crippen molar-refractivity contribution in [2.45, 2.75) is 52.6 Å². The maximum Gasteiger partial charge on any atom is 0.268 e. The smallest absolute Gasteiger partial charge is 0.268 e. The largest absolute Gasteiger partial charge is 0.478 e. The topological polar surface area (TPSA) is 66.9 Å². The highest BCUT2D eigenvalue weighted by atomic mass is 16.5. The summed E-state index contributed by atoms with van der Waals surface area (Å²) >= 11 is 0. The summed E-state index contributed by atoms with van der Waals surface area (Å²) in [5.74, 6) is 0.295. The molecule has 146 valence electrons. The Kier molecular flexibility index (Phi) is 5.82. The van der Waals surface area contributed by atoms with E-state index in [4.69, 9.17) is 4.74 Å². The third-order valence-electron chi connectivity index (χ3n) is 5.17. The highest BCUT2D eigenvalue weighted by molar-refractivity contribution is 6.05. The Labute approximate surface area is 160 Å². The molecule has 0 bridgehead atoms. The first kappa shape index (κ1) is 19.4. The van der Waals surface area contributed by atoms with Gasteiger partial charge in [-0.1, -0.05) is 20.8 Å². The average Bonchev–Trinajstić information content (AvgIpc) is 3.18. The lowest BCUT2D eigenvalue weighted by atomic mass is 10.0. The van der Waals surface area contributed by atoms with Crippen LogP contribution in [0.3, 0.4) is 0 Å². The summed E-state index contributed by atoms with van der Waals surface area (Å²) in [6.07, 6.45) is 2.60. The molecule has 0 aromatic heterocycles. The van der Waals surface area contributed by atoms with Crippen molar-refractivity contribution in [3.8, 4) is 5.75 Å². The van der Waals surface area contributed by atoms with Crippen molar-refractivity contribution in [2.75, 3.05) is 24.5 Å². The minimum atomic E-state index is -0.624. The van der Waals surface area contributed by atoms with Gasteiger partial charge in [-0.05, 0) is 43.4 Å². The molecule has 2 aliphatic rings. The minimum absolute atomic E-state index is 0.0101. The van der Waals surface area contributed by atoms with Crippen LogP contribution in [0.1, 0.15) is 56.8 Å². The number of amides is 2. The van der Waals surface area contributed by atoms with Gasteiger partial charge in [0, 0.05) is 25.1 Å². The summed E-state index contributed by atoms with van der Waals surface area (Å²) in [6.45, 7) is 7.28. The van der Waals surface area contributed by atoms with Crippen molar-refractivity contribution in [1.29, 1.82) is 0 Å². The molecule has 1 aromatic carbocycles. The van der Waals surface area contributed by atoms with Gasteiger partial charge >= 0.3 is 0 Å². The SMILES string of the molecule is CCCC(=O)c1ccc2c(c1)N(CC(=O)N1CCCC1)C(=O)C(C(C)C)O2. The molecular formula is C21H28N2O4. The second kappa shape index (κ2) is 8.11. The Hall–Kier alpha value is -2.37. The molecule has 1 atom stereocenters. The molecule has 1 unspecified atom stereocenters. The summed E-state index contributed by atoms with van der Waals surface area (Å²) < 4.78 is 5.91. The predicted molar refractivity (Wildman–Crippen MR) is 103 cm³/mol. The molecule has 27 heavy (non-hydrogen) atoms. The highest BCUT2D eigenvalue weighted by Crippen LogP contribution is 2.37. The standard InChI is InChI=1S/C21H28N2O4/c1-4-7-17(24)15-8-9-18-16(12-15)23(21(26)20(27-18)14(2)3)13-19(25)22-10-5-6-11-22/h8-9,12,14,20H,4-7,10-11,13H2,1-3H3. The van der Waals surface area contributed by atoms with Gasteiger partial charge in [-0.3, -0.25) is 19.3 Å². The van der Waals surface area contributed by atoms with Gasteiger partial charge in [-0.15, -0.1) is 0 Å². The van der Waals surface area contributed by atoms with Crippen molar-refractivity contribution in [1.82, 2.24) is 4.90 Å². The van der Waals surface area contributed by atoms with Crippen LogP contribution in [0.2, 0.25) is 0 Å². The number of hydrogen-bond donors (Lipinski definition) is 0. The van der Waals surface area contributed by atoms with Crippen LogP contribution in [-0.2, 0) is 9.59 Å². The Bertz CT molecular complexity index is 738. The lowest BCUT2D eigenvalue weighted by Gasteiger charge is -2.36. The third-order valence-corrected chi connectivity index (χ3v) is 5.17. The van der Waals surface area contributed by atoms with Crippen molar-refractivity contribution in [3.63, 3.8) is 0 Å². The molecule has 2 aliphatic heterocycles. The Balaban J connectivity index is 1.93. The molecule has 6 nitrogen and oxygen atoms in total. The van der Waals surface area contributed by atoms with E-state index in [-0.39, 0.29) is 30.1 Å². The first-order valence-electron chi connectivity index (χ1n) is 9.85. The zero-order chi connectivity index (χ0) is 19.6. The van der Waals surface area contributed by atoms with Crippen LogP contribution < -0.4 is 9.64 Å². The van der Waals surface area contributed by atoms with Crippen LogP contribution in [0, 0.1) is 5.92 Å². The quantitative estimate of drug-likeness (QED) is 0.720. The molecule has 0 N–H and O–H groups in total. The molecule has 3 rings (SSSR count). The summed E-state index contributed by atoms with van der Waals surface area (Å²) in [7, 11) is 0. The van der Waals surface area contributed by atoms with Gasteiger partial charge < -0.3 is 9.64 Å². The van der Waals surface area contributed by atoms with E-state index >= 15 is 0 Å². The maximum absolute atomic E-state index is 13.0. The van der Waals surface area contributed by atoms with Gasteiger partial charge in [0.2, 0.25) is 5.91 Å². The van der Waals surface area contributed by atoms with E-state index in [9.17, 15) is 14.4 Å². The molecule has 0 spiro atoms. The van der Waals surface area contributed by atoms with E-state index in [1.165, 1.54) is 4.90 Å². The molecule has 1 fully saturated rings. The van der Waals surface area contributed by atoms with E-state index in [1.807, 2.05) is 20.8 Å². The van der Waals surface area contributed by atoms with Crippen molar-refractivity contribution >= 4 is 23.3 Å². The van der Waals surface area contributed by atoms with Crippen LogP contribution in [0.4, 0.5) is 5.69 Å². The van der Waals surface area contributed by atoms with Gasteiger partial charge in [0.1, 0.15) is 12.3 Å². The second-order valence-electron chi connectivity index (χ2n) is 7.65. The number of carbonyl (C=O) groups excluding carboxylic acids is 3. The van der Waals surface area contributed by atoms with Crippen molar-refractivity contribution < 1.29 is 19.1 Å². The molecule has 2 heterocycles. The number of anilines is 1. The molecule has 0 radical (unpaired) electrons. The van der Waals surface area contributed by atoms with E-state index < -0.39 is 6.10 Å². The molecule has 1 saturated heterocycles. The van der Waals surface area contributed by atoms with Crippen LogP contribution in [0.5, 0.6) is 5.75 Å². The highest BCUT2D eigenvalue weighted by Gasteiger charge is 2.38. The molecule has 2 amide bonds. The van der Waals surface area contributed by atoms with Crippen molar-refractivity contribution in [2.24, 2.45) is 5.92 Å².